The number of allylic oxidation sites excluding steroid dienone is 19. The molecule has 2 unspecified atom stereocenters. The molecule has 6 rings (SSSR count). The summed E-state index contributed by atoms with van der Waals surface area (Å²) in [6, 6.07) is 18.0. The molecule has 0 fully saturated rings. The van der Waals surface area contributed by atoms with Crippen LogP contribution in [0.15, 0.2) is 170 Å². The summed E-state index contributed by atoms with van der Waals surface area (Å²) in [5, 5.41) is 5.28. The Hall–Kier alpha value is -4.68. The zero-order chi connectivity index (χ0) is 33.1. The second-order valence-electron chi connectivity index (χ2n) is 11.6. The molecule has 0 saturated heterocycles. The van der Waals surface area contributed by atoms with Gasteiger partial charge in [-0.1, -0.05) is 155 Å². The van der Waals surface area contributed by atoms with Crippen LogP contribution in [0.5, 0.6) is 0 Å². The molecule has 3 aliphatic carbocycles. The molecule has 3 aromatic rings. The third-order valence-corrected chi connectivity index (χ3v) is 8.79. The summed E-state index contributed by atoms with van der Waals surface area (Å²) in [6.07, 6.45) is 32.9. The van der Waals surface area contributed by atoms with Crippen molar-refractivity contribution in [1.29, 1.82) is 0 Å². The van der Waals surface area contributed by atoms with Gasteiger partial charge in [-0.25, -0.2) is 0 Å². The lowest BCUT2D eigenvalue weighted by atomic mass is 9.79. The minimum Gasteiger partial charge on any atom is -0.106 e. The molecule has 0 heteroatoms. The standard InChI is InChI=1S/C42H40.C2H6.C2H4/c1-5-14-29(3)30(4)26-32(15-6-2)34-18-13-19-35(28-34)41-37-20-9-11-22-39(37)42(40-23-12-10-21-38(40)41)36-25-24-31-16-7-8-17-33(31)27-36;2*1-2/h5,7-17,19-23,25-28,31,34H,3,6,18,24H2,1-2,4H3;1-2H3;1-2H2/b14-5-,30-26+,32-15+;;. The summed E-state index contributed by atoms with van der Waals surface area (Å²) >= 11 is 0. The van der Waals surface area contributed by atoms with Gasteiger partial charge >= 0.3 is 0 Å². The van der Waals surface area contributed by atoms with E-state index in [0.29, 0.717) is 11.8 Å². The van der Waals surface area contributed by atoms with Gasteiger partial charge in [-0.3, -0.25) is 0 Å². The average molecular weight is 603 g/mol. The highest BCUT2D eigenvalue weighted by Crippen LogP contribution is 2.44. The number of hydrogen-bond donors (Lipinski definition) is 0. The van der Waals surface area contributed by atoms with Crippen molar-refractivity contribution in [2.45, 2.75) is 53.9 Å². The fourth-order valence-corrected chi connectivity index (χ4v) is 6.70. The maximum atomic E-state index is 4.28. The lowest BCUT2D eigenvalue weighted by Gasteiger charge is -2.25. The van der Waals surface area contributed by atoms with Crippen molar-refractivity contribution in [2.24, 2.45) is 11.8 Å². The summed E-state index contributed by atoms with van der Waals surface area (Å²) in [6.45, 7) is 20.7. The van der Waals surface area contributed by atoms with Gasteiger partial charge in [0.2, 0.25) is 0 Å². The SMILES string of the molecule is C=C.C=C(/C=C\C)/C(C)=C/C(=C\CC)C1C=C(c2c3ccccc3c(C3=CCC4C=CC=CC4=C3)c3ccccc23)C=CC1.CC. The average Bonchev–Trinajstić information content (AvgIpc) is 3.12. The summed E-state index contributed by atoms with van der Waals surface area (Å²) in [4.78, 5) is 0. The van der Waals surface area contributed by atoms with Crippen LogP contribution >= 0.6 is 0 Å². The summed E-state index contributed by atoms with van der Waals surface area (Å²) in [5.41, 5.74) is 10.4. The van der Waals surface area contributed by atoms with E-state index < -0.39 is 0 Å². The van der Waals surface area contributed by atoms with Crippen LogP contribution in [0.4, 0.5) is 0 Å². The van der Waals surface area contributed by atoms with Crippen molar-refractivity contribution >= 4 is 32.7 Å². The molecule has 0 saturated carbocycles. The molecule has 0 aromatic heterocycles. The molecule has 0 heterocycles. The molecule has 0 bridgehead atoms. The van der Waals surface area contributed by atoms with E-state index in [1.165, 1.54) is 60.5 Å². The molecule has 2 atom stereocenters. The minimum absolute atomic E-state index is 0.323. The molecule has 0 amide bonds. The zero-order valence-electron chi connectivity index (χ0n) is 28.5. The molecule has 0 nitrogen and oxygen atoms in total. The van der Waals surface area contributed by atoms with E-state index in [-0.39, 0.29) is 0 Å². The van der Waals surface area contributed by atoms with Crippen LogP contribution in [0.1, 0.15) is 65.0 Å². The fraction of sp³-hybridized carbons (Fsp3) is 0.217. The van der Waals surface area contributed by atoms with Crippen LogP contribution in [0.25, 0.3) is 32.7 Å². The van der Waals surface area contributed by atoms with Crippen LogP contribution in [0, 0.1) is 11.8 Å². The Morgan fingerprint density at radius 3 is 2.04 bits per heavy atom. The van der Waals surface area contributed by atoms with Gasteiger partial charge in [0, 0.05) is 11.8 Å². The topological polar surface area (TPSA) is 0 Å². The van der Waals surface area contributed by atoms with Crippen molar-refractivity contribution in [1.82, 2.24) is 0 Å². The largest absolute Gasteiger partial charge is 0.106 e. The molecule has 3 aromatic carbocycles. The number of fused-ring (bicyclic) bond motifs is 3. The van der Waals surface area contributed by atoms with Gasteiger partial charge in [-0.05, 0) is 99.2 Å². The molecule has 0 N–H and O–H groups in total. The maximum Gasteiger partial charge on any atom is 0.00587 e. The van der Waals surface area contributed by atoms with Gasteiger partial charge in [0.1, 0.15) is 0 Å². The highest BCUT2D eigenvalue weighted by Gasteiger charge is 2.23. The first kappa shape index (κ1) is 34.2. The predicted molar refractivity (Wildman–Crippen MR) is 208 cm³/mol. The zero-order valence-corrected chi connectivity index (χ0v) is 28.5. The fourth-order valence-electron chi connectivity index (χ4n) is 6.70. The van der Waals surface area contributed by atoms with Gasteiger partial charge in [-0.2, -0.15) is 0 Å². The normalized spacial score (nSPS) is 19.0. The van der Waals surface area contributed by atoms with Gasteiger partial charge in [0.05, 0.1) is 0 Å². The van der Waals surface area contributed by atoms with Gasteiger partial charge in [-0.15, -0.1) is 13.2 Å². The molecule has 46 heavy (non-hydrogen) atoms. The van der Waals surface area contributed by atoms with E-state index in [9.17, 15) is 0 Å². The molecular formula is C46H50. The minimum atomic E-state index is 0.323. The Morgan fingerprint density at radius 2 is 1.46 bits per heavy atom. The summed E-state index contributed by atoms with van der Waals surface area (Å²) in [7, 11) is 0. The van der Waals surface area contributed by atoms with Gasteiger partial charge < -0.3 is 0 Å². The summed E-state index contributed by atoms with van der Waals surface area (Å²) < 4.78 is 0. The Labute approximate surface area is 278 Å². The van der Waals surface area contributed by atoms with E-state index in [0.717, 1.165) is 24.8 Å². The quantitative estimate of drug-likeness (QED) is 0.143. The first-order valence-electron chi connectivity index (χ1n) is 16.9. The number of benzene rings is 3. The van der Waals surface area contributed by atoms with Crippen LogP contribution < -0.4 is 0 Å². The lowest BCUT2D eigenvalue weighted by molar-refractivity contribution is 0.783. The Bertz CT molecular complexity index is 1790. The first-order chi connectivity index (χ1) is 22.6. The monoisotopic (exact) mass is 602 g/mol. The smallest absolute Gasteiger partial charge is 0.00587 e. The molecular weight excluding hydrogens is 553 g/mol. The van der Waals surface area contributed by atoms with E-state index in [1.807, 2.05) is 20.8 Å². The van der Waals surface area contributed by atoms with Crippen molar-refractivity contribution in [3.63, 3.8) is 0 Å². The van der Waals surface area contributed by atoms with E-state index in [2.05, 4.69) is 161 Å². The second-order valence-corrected chi connectivity index (χ2v) is 11.6. The number of hydrogen-bond acceptors (Lipinski definition) is 0. The molecule has 0 spiro atoms. The second kappa shape index (κ2) is 16.6. The highest BCUT2D eigenvalue weighted by molar-refractivity contribution is 6.17. The third kappa shape index (κ3) is 7.24. The van der Waals surface area contributed by atoms with Crippen molar-refractivity contribution < 1.29 is 0 Å². The van der Waals surface area contributed by atoms with E-state index in [4.69, 9.17) is 0 Å². The molecule has 0 aliphatic heterocycles. The van der Waals surface area contributed by atoms with Gasteiger partial charge in [0.15, 0.2) is 0 Å². The first-order valence-corrected chi connectivity index (χ1v) is 16.9. The van der Waals surface area contributed by atoms with Crippen LogP contribution in [0.3, 0.4) is 0 Å². The lowest BCUT2D eigenvalue weighted by Crippen LogP contribution is -2.07. The van der Waals surface area contributed by atoms with Crippen LogP contribution in [0.2, 0.25) is 0 Å². The highest BCUT2D eigenvalue weighted by atomic mass is 14.3. The van der Waals surface area contributed by atoms with E-state index in [1.54, 1.807) is 0 Å². The maximum absolute atomic E-state index is 4.28. The predicted octanol–water partition coefficient (Wildman–Crippen LogP) is 13.7. The Morgan fingerprint density at radius 1 is 0.848 bits per heavy atom. The summed E-state index contributed by atoms with van der Waals surface area (Å²) in [5.74, 6) is 0.813. The van der Waals surface area contributed by atoms with Crippen molar-refractivity contribution in [2.75, 3.05) is 0 Å². The van der Waals surface area contributed by atoms with Crippen LogP contribution in [-0.2, 0) is 0 Å². The molecule has 0 radical (unpaired) electrons. The molecule has 3 aliphatic rings. The Kier molecular flexibility index (Phi) is 12.3. The van der Waals surface area contributed by atoms with E-state index >= 15 is 0 Å². The van der Waals surface area contributed by atoms with Crippen molar-refractivity contribution in [3.05, 3.63) is 181 Å². The molecule has 234 valence electrons. The van der Waals surface area contributed by atoms with Crippen molar-refractivity contribution in [3.8, 4) is 0 Å². The third-order valence-electron chi connectivity index (χ3n) is 8.79. The Balaban J connectivity index is 0.00000116. The van der Waals surface area contributed by atoms with Crippen LogP contribution in [-0.4, -0.2) is 0 Å². The number of rotatable bonds is 7. The van der Waals surface area contributed by atoms with Gasteiger partial charge in [0.25, 0.3) is 0 Å².